The van der Waals surface area contributed by atoms with E-state index in [0.29, 0.717) is 24.8 Å². The summed E-state index contributed by atoms with van der Waals surface area (Å²) < 4.78 is 5.54. The van der Waals surface area contributed by atoms with Crippen molar-refractivity contribution in [3.05, 3.63) is 60.2 Å². The van der Waals surface area contributed by atoms with Crippen LogP contribution >= 0.6 is 0 Å². The molecule has 1 fully saturated rings. The van der Waals surface area contributed by atoms with E-state index in [1.807, 2.05) is 61.5 Å². The van der Waals surface area contributed by atoms with Crippen molar-refractivity contribution in [2.24, 2.45) is 0 Å². The maximum absolute atomic E-state index is 13.1. The molecule has 31 heavy (non-hydrogen) atoms. The Balaban J connectivity index is 1.55. The molecule has 5 heteroatoms. The number of benzene rings is 2. The first-order valence-electron chi connectivity index (χ1n) is 11.3. The molecule has 3 aromatic rings. The number of amides is 1. The van der Waals surface area contributed by atoms with Gasteiger partial charge in [-0.1, -0.05) is 24.6 Å². The monoisotopic (exact) mass is 417 g/mol. The quantitative estimate of drug-likeness (QED) is 0.594. The van der Waals surface area contributed by atoms with Gasteiger partial charge in [0.1, 0.15) is 5.75 Å². The Morgan fingerprint density at radius 1 is 1.16 bits per heavy atom. The van der Waals surface area contributed by atoms with E-state index in [2.05, 4.69) is 17.1 Å². The number of aromatic nitrogens is 1. The maximum atomic E-state index is 13.1. The van der Waals surface area contributed by atoms with Crippen LogP contribution in [0.5, 0.6) is 5.75 Å². The lowest BCUT2D eigenvalue weighted by molar-refractivity contribution is 0.0940. The molecule has 1 amide bonds. The number of para-hydroxylation sites is 1. The number of piperidine rings is 1. The third-order valence-corrected chi connectivity index (χ3v) is 6.05. The molecule has 4 rings (SSSR count). The Morgan fingerprint density at radius 3 is 2.74 bits per heavy atom. The van der Waals surface area contributed by atoms with Crippen LogP contribution in [0, 0.1) is 0 Å². The average Bonchev–Trinajstić information content (AvgIpc) is 2.80. The lowest BCUT2D eigenvalue weighted by atomic mass is 10.0. The minimum absolute atomic E-state index is 0.0459. The van der Waals surface area contributed by atoms with Crippen molar-refractivity contribution in [3.8, 4) is 17.0 Å². The number of hydrogen-bond donors (Lipinski definition) is 1. The Labute approximate surface area is 184 Å². The minimum atomic E-state index is -0.0459. The number of ether oxygens (including phenoxy) is 1. The molecule has 1 N–H and O–H groups in total. The Hall–Kier alpha value is -2.92. The summed E-state index contributed by atoms with van der Waals surface area (Å²) in [5.41, 5.74) is 3.24. The van der Waals surface area contributed by atoms with Gasteiger partial charge >= 0.3 is 0 Å². The van der Waals surface area contributed by atoms with E-state index < -0.39 is 0 Å². The molecule has 0 bridgehead atoms. The largest absolute Gasteiger partial charge is 0.494 e. The van der Waals surface area contributed by atoms with E-state index in [1.165, 1.54) is 19.3 Å². The molecule has 1 aliphatic rings. The van der Waals surface area contributed by atoms with Crippen LogP contribution in [-0.4, -0.2) is 48.1 Å². The summed E-state index contributed by atoms with van der Waals surface area (Å²) in [5.74, 6) is 0.785. The summed E-state index contributed by atoms with van der Waals surface area (Å²) in [6, 6.07) is 18.2. The van der Waals surface area contributed by atoms with Gasteiger partial charge in [0.2, 0.25) is 0 Å². The number of carbonyl (C=O) groups excluding carboxylic acids is 1. The Morgan fingerprint density at radius 2 is 1.97 bits per heavy atom. The predicted molar refractivity (Wildman–Crippen MR) is 126 cm³/mol. The molecule has 5 nitrogen and oxygen atoms in total. The normalized spacial score (nSPS) is 16.9. The summed E-state index contributed by atoms with van der Waals surface area (Å²) >= 11 is 0. The molecule has 1 saturated heterocycles. The molecule has 2 aromatic carbocycles. The molecule has 1 aromatic heterocycles. The number of nitrogens with zero attached hydrogens (tertiary/aromatic N) is 2. The van der Waals surface area contributed by atoms with Gasteiger partial charge in [-0.2, -0.15) is 0 Å². The standard InChI is InChI=1S/C26H31N3O2/c1-3-31-21-13-11-20(12-14-21)25-18-23(22-9-4-5-10-24(22)28-25)26(30)27-15-17-29-16-7-6-8-19(29)2/h4-5,9-14,18-19H,3,6-8,15-17H2,1-2H3,(H,27,30). The molecular weight excluding hydrogens is 386 g/mol. The zero-order valence-corrected chi connectivity index (χ0v) is 18.4. The van der Waals surface area contributed by atoms with Gasteiger partial charge < -0.3 is 10.1 Å². The second kappa shape index (κ2) is 9.92. The average molecular weight is 418 g/mol. The fourth-order valence-corrected chi connectivity index (χ4v) is 4.30. The van der Waals surface area contributed by atoms with Gasteiger partial charge in [0, 0.05) is 30.1 Å². The van der Waals surface area contributed by atoms with Crippen molar-refractivity contribution in [1.29, 1.82) is 0 Å². The Bertz CT molecular complexity index is 1030. The highest BCUT2D eigenvalue weighted by atomic mass is 16.5. The zero-order chi connectivity index (χ0) is 21.6. The molecule has 0 spiro atoms. The molecule has 0 saturated carbocycles. The van der Waals surface area contributed by atoms with Gasteiger partial charge in [-0.05, 0) is 69.6 Å². The first-order valence-corrected chi connectivity index (χ1v) is 11.3. The molecule has 0 radical (unpaired) electrons. The van der Waals surface area contributed by atoms with Gasteiger partial charge in [-0.15, -0.1) is 0 Å². The summed E-state index contributed by atoms with van der Waals surface area (Å²) in [7, 11) is 0. The fraction of sp³-hybridized carbons (Fsp3) is 0.385. The summed E-state index contributed by atoms with van der Waals surface area (Å²) in [4.78, 5) is 20.4. The second-order valence-corrected chi connectivity index (χ2v) is 8.17. The first kappa shape index (κ1) is 21.3. The van der Waals surface area contributed by atoms with Crippen LogP contribution in [0.4, 0.5) is 0 Å². The highest BCUT2D eigenvalue weighted by Crippen LogP contribution is 2.26. The number of rotatable bonds is 7. The molecular formula is C26H31N3O2. The van der Waals surface area contributed by atoms with Crippen molar-refractivity contribution in [2.45, 2.75) is 39.2 Å². The van der Waals surface area contributed by atoms with Crippen molar-refractivity contribution < 1.29 is 9.53 Å². The van der Waals surface area contributed by atoms with E-state index in [4.69, 9.17) is 9.72 Å². The van der Waals surface area contributed by atoms with Crippen molar-refractivity contribution in [3.63, 3.8) is 0 Å². The number of hydrogen-bond acceptors (Lipinski definition) is 4. The molecule has 2 heterocycles. The van der Waals surface area contributed by atoms with Crippen LogP contribution in [0.2, 0.25) is 0 Å². The summed E-state index contributed by atoms with van der Waals surface area (Å²) in [6.07, 6.45) is 3.80. The predicted octanol–water partition coefficient (Wildman–Crippen LogP) is 4.90. The van der Waals surface area contributed by atoms with E-state index >= 15 is 0 Å². The smallest absolute Gasteiger partial charge is 0.252 e. The molecule has 1 aliphatic heterocycles. The van der Waals surface area contributed by atoms with E-state index in [1.54, 1.807) is 0 Å². The number of likely N-dealkylation sites (tertiary alicyclic amines) is 1. The van der Waals surface area contributed by atoms with Gasteiger partial charge in [-0.3, -0.25) is 9.69 Å². The number of carbonyl (C=O) groups is 1. The van der Waals surface area contributed by atoms with E-state index in [-0.39, 0.29) is 5.91 Å². The van der Waals surface area contributed by atoms with Crippen molar-refractivity contribution >= 4 is 16.8 Å². The van der Waals surface area contributed by atoms with Crippen molar-refractivity contribution in [1.82, 2.24) is 15.2 Å². The van der Waals surface area contributed by atoms with Crippen LogP contribution in [0.25, 0.3) is 22.2 Å². The topological polar surface area (TPSA) is 54.5 Å². The van der Waals surface area contributed by atoms with Gasteiger partial charge in [0.05, 0.1) is 23.4 Å². The van der Waals surface area contributed by atoms with Crippen LogP contribution < -0.4 is 10.1 Å². The zero-order valence-electron chi connectivity index (χ0n) is 18.4. The van der Waals surface area contributed by atoms with Crippen LogP contribution in [0.3, 0.4) is 0 Å². The lowest BCUT2D eigenvalue weighted by Crippen LogP contribution is -2.42. The first-order chi connectivity index (χ1) is 15.2. The van der Waals surface area contributed by atoms with E-state index in [9.17, 15) is 4.79 Å². The number of nitrogens with one attached hydrogen (secondary N) is 1. The highest BCUT2D eigenvalue weighted by molar-refractivity contribution is 6.07. The lowest BCUT2D eigenvalue weighted by Gasteiger charge is -2.33. The number of fused-ring (bicyclic) bond motifs is 1. The van der Waals surface area contributed by atoms with Crippen molar-refractivity contribution in [2.75, 3.05) is 26.2 Å². The molecule has 0 aliphatic carbocycles. The van der Waals surface area contributed by atoms with Gasteiger partial charge in [0.25, 0.3) is 5.91 Å². The highest BCUT2D eigenvalue weighted by Gasteiger charge is 2.18. The molecule has 1 unspecified atom stereocenters. The molecule has 1 atom stereocenters. The maximum Gasteiger partial charge on any atom is 0.252 e. The van der Waals surface area contributed by atoms with Crippen LogP contribution in [-0.2, 0) is 0 Å². The SMILES string of the molecule is CCOc1ccc(-c2cc(C(=O)NCCN3CCCCC3C)c3ccccc3n2)cc1. The molecule has 162 valence electrons. The second-order valence-electron chi connectivity index (χ2n) is 8.17. The fourth-order valence-electron chi connectivity index (χ4n) is 4.30. The number of pyridine rings is 1. The summed E-state index contributed by atoms with van der Waals surface area (Å²) in [5, 5.41) is 4.01. The Kier molecular flexibility index (Phi) is 6.82. The minimum Gasteiger partial charge on any atom is -0.494 e. The van der Waals surface area contributed by atoms with E-state index in [0.717, 1.165) is 41.0 Å². The van der Waals surface area contributed by atoms with Gasteiger partial charge in [0.15, 0.2) is 0 Å². The third kappa shape index (κ3) is 5.05. The van der Waals surface area contributed by atoms with Crippen LogP contribution in [0.1, 0.15) is 43.5 Å². The third-order valence-electron chi connectivity index (χ3n) is 6.05. The summed E-state index contributed by atoms with van der Waals surface area (Å²) in [6.45, 7) is 7.54. The van der Waals surface area contributed by atoms with Crippen LogP contribution in [0.15, 0.2) is 54.6 Å². The van der Waals surface area contributed by atoms with Gasteiger partial charge in [-0.25, -0.2) is 4.98 Å².